The van der Waals surface area contributed by atoms with E-state index in [1.807, 2.05) is 0 Å². The Morgan fingerprint density at radius 1 is 0.395 bits per heavy atom. The van der Waals surface area contributed by atoms with Gasteiger partial charge in [-0.15, -0.1) is 0 Å². The number of hydrogen-bond acceptors (Lipinski definition) is 1. The molecule has 0 spiro atoms. The number of fused-ring (bicyclic) bond motifs is 6. The van der Waals surface area contributed by atoms with Gasteiger partial charge in [-0.1, -0.05) is 120 Å². The van der Waals surface area contributed by atoms with E-state index < -0.39 is 0 Å². The van der Waals surface area contributed by atoms with Gasteiger partial charge in [0.2, 0.25) is 0 Å². The van der Waals surface area contributed by atoms with Gasteiger partial charge in [-0.2, -0.15) is 0 Å². The van der Waals surface area contributed by atoms with E-state index in [0.29, 0.717) is 0 Å². The second-order valence-corrected chi connectivity index (χ2v) is 11.6. The lowest BCUT2D eigenvalue weighted by Crippen LogP contribution is -2.10. The third kappa shape index (κ3) is 4.33. The Labute approximate surface area is 252 Å². The number of nitrogens with zero attached hydrogens (tertiary/aromatic N) is 1. The zero-order chi connectivity index (χ0) is 28.9. The molecule has 0 fully saturated rings. The minimum atomic E-state index is 1.15. The predicted molar refractivity (Wildman–Crippen MR) is 186 cm³/mol. The van der Waals surface area contributed by atoms with E-state index in [-0.39, 0.29) is 0 Å². The molecule has 0 aliphatic carbocycles. The van der Waals surface area contributed by atoms with Crippen molar-refractivity contribution < 1.29 is 0 Å². The molecule has 0 unspecified atom stereocenters. The van der Waals surface area contributed by atoms with Crippen molar-refractivity contribution in [2.75, 3.05) is 4.90 Å². The van der Waals surface area contributed by atoms with Crippen molar-refractivity contribution in [2.45, 2.75) is 13.8 Å². The lowest BCUT2D eigenvalue weighted by molar-refractivity contribution is 1.28. The molecule has 0 N–H and O–H groups in total. The fourth-order valence-corrected chi connectivity index (χ4v) is 6.56. The molecular weight excluding hydrogens is 518 g/mol. The molecule has 0 amide bonds. The summed E-state index contributed by atoms with van der Waals surface area (Å²) in [6, 6.07) is 55.7. The number of hydrogen-bond donors (Lipinski definition) is 0. The number of benzene rings is 8. The van der Waals surface area contributed by atoms with Crippen LogP contribution >= 0.6 is 0 Å². The number of anilines is 3. The van der Waals surface area contributed by atoms with Gasteiger partial charge in [0, 0.05) is 16.8 Å². The van der Waals surface area contributed by atoms with Crippen molar-refractivity contribution in [1.29, 1.82) is 0 Å². The van der Waals surface area contributed by atoms with Crippen LogP contribution < -0.4 is 4.90 Å². The van der Waals surface area contributed by atoms with Crippen LogP contribution in [0.25, 0.3) is 54.2 Å². The molecular formula is C42H31N. The third-order valence-corrected chi connectivity index (χ3v) is 8.73. The van der Waals surface area contributed by atoms with Gasteiger partial charge < -0.3 is 4.90 Å². The van der Waals surface area contributed by atoms with Crippen molar-refractivity contribution in [3.8, 4) is 11.1 Å². The summed E-state index contributed by atoms with van der Waals surface area (Å²) in [5.41, 5.74) is 8.47. The molecule has 8 aromatic carbocycles. The molecule has 0 bridgehead atoms. The molecule has 0 radical (unpaired) electrons. The normalized spacial score (nSPS) is 11.5. The lowest BCUT2D eigenvalue weighted by atomic mass is 9.89. The van der Waals surface area contributed by atoms with E-state index in [0.717, 1.165) is 11.4 Å². The van der Waals surface area contributed by atoms with E-state index in [1.54, 1.807) is 0 Å². The first kappa shape index (κ1) is 25.3. The van der Waals surface area contributed by atoms with Gasteiger partial charge >= 0.3 is 0 Å². The van der Waals surface area contributed by atoms with E-state index >= 15 is 0 Å². The van der Waals surface area contributed by atoms with Crippen LogP contribution in [0.5, 0.6) is 0 Å². The van der Waals surface area contributed by atoms with Crippen LogP contribution in [-0.2, 0) is 0 Å². The molecule has 1 nitrogen and oxygen atoms in total. The molecule has 8 rings (SSSR count). The van der Waals surface area contributed by atoms with Gasteiger partial charge in [-0.05, 0) is 105 Å². The Hall–Kier alpha value is -5.40. The summed E-state index contributed by atoms with van der Waals surface area (Å²) in [7, 11) is 0. The van der Waals surface area contributed by atoms with Gasteiger partial charge in [-0.3, -0.25) is 0 Å². The molecule has 0 atom stereocenters. The largest absolute Gasteiger partial charge is 0.310 e. The van der Waals surface area contributed by atoms with Crippen LogP contribution in [0.3, 0.4) is 0 Å². The van der Waals surface area contributed by atoms with Crippen LogP contribution in [0.4, 0.5) is 17.1 Å². The van der Waals surface area contributed by atoms with Gasteiger partial charge in [-0.25, -0.2) is 0 Å². The first-order valence-electron chi connectivity index (χ1n) is 14.9. The maximum atomic E-state index is 2.41. The van der Waals surface area contributed by atoms with Crippen LogP contribution in [0.15, 0.2) is 152 Å². The van der Waals surface area contributed by atoms with E-state index in [2.05, 4.69) is 170 Å². The summed E-state index contributed by atoms with van der Waals surface area (Å²) < 4.78 is 0. The second kappa shape index (κ2) is 10.2. The smallest absolute Gasteiger partial charge is 0.0546 e. The summed E-state index contributed by atoms with van der Waals surface area (Å²) in [5, 5.41) is 10.1. The van der Waals surface area contributed by atoms with Crippen molar-refractivity contribution >= 4 is 60.2 Å². The highest BCUT2D eigenvalue weighted by Gasteiger charge is 2.19. The van der Waals surface area contributed by atoms with Gasteiger partial charge in [0.15, 0.2) is 0 Å². The summed E-state index contributed by atoms with van der Waals surface area (Å²) >= 11 is 0. The van der Waals surface area contributed by atoms with E-state index in [9.17, 15) is 0 Å². The van der Waals surface area contributed by atoms with E-state index in [4.69, 9.17) is 0 Å². The summed E-state index contributed by atoms with van der Waals surface area (Å²) in [6.07, 6.45) is 0. The molecule has 43 heavy (non-hydrogen) atoms. The van der Waals surface area contributed by atoms with Gasteiger partial charge in [0.05, 0.1) is 5.69 Å². The highest BCUT2D eigenvalue weighted by molar-refractivity contribution is 6.26. The van der Waals surface area contributed by atoms with E-state index in [1.165, 1.54) is 71.0 Å². The highest BCUT2D eigenvalue weighted by atomic mass is 15.1. The quantitative estimate of drug-likeness (QED) is 0.197. The van der Waals surface area contributed by atoms with Crippen LogP contribution in [0, 0.1) is 13.8 Å². The monoisotopic (exact) mass is 549 g/mol. The van der Waals surface area contributed by atoms with Crippen LogP contribution in [0.2, 0.25) is 0 Å². The van der Waals surface area contributed by atoms with Gasteiger partial charge in [0.1, 0.15) is 0 Å². The van der Waals surface area contributed by atoms with Crippen molar-refractivity contribution in [1.82, 2.24) is 0 Å². The third-order valence-electron chi connectivity index (χ3n) is 8.73. The molecule has 0 aromatic heterocycles. The summed E-state index contributed by atoms with van der Waals surface area (Å²) in [6.45, 7) is 4.29. The standard InChI is InChI=1S/C42H31N/c1-28-15-21-34(22-16-28)43(35-23-17-29(2)18-24-35)41-27-33-26-40(32-20-19-30-9-3-4-10-31(30)25-32)36-11-5-7-13-38(36)42(33)39-14-8-6-12-37(39)41/h3-27H,1-2H3. The topological polar surface area (TPSA) is 3.24 Å². The molecule has 0 saturated heterocycles. The molecule has 0 heterocycles. The Morgan fingerprint density at radius 3 is 1.58 bits per heavy atom. The van der Waals surface area contributed by atoms with Crippen molar-refractivity contribution in [2.24, 2.45) is 0 Å². The van der Waals surface area contributed by atoms with Crippen molar-refractivity contribution in [3.63, 3.8) is 0 Å². The van der Waals surface area contributed by atoms with Gasteiger partial charge in [0.25, 0.3) is 0 Å². The summed E-state index contributed by atoms with van der Waals surface area (Å²) in [4.78, 5) is 2.41. The lowest BCUT2D eigenvalue weighted by Gasteiger charge is -2.28. The minimum absolute atomic E-state index is 1.15. The molecule has 1 heteroatoms. The first-order valence-corrected chi connectivity index (χ1v) is 14.9. The molecule has 0 saturated carbocycles. The van der Waals surface area contributed by atoms with Crippen molar-refractivity contribution in [3.05, 3.63) is 163 Å². The maximum absolute atomic E-state index is 2.41. The minimum Gasteiger partial charge on any atom is -0.310 e. The SMILES string of the molecule is Cc1ccc(N(c2ccc(C)cc2)c2cc3cc(-c4ccc5ccccc5c4)c4ccccc4c3c3ccccc23)cc1. The predicted octanol–water partition coefficient (Wildman–Crippen LogP) is 12.1. The average Bonchev–Trinajstić information content (AvgIpc) is 3.06. The molecule has 8 aromatic rings. The average molecular weight is 550 g/mol. The molecule has 0 aliphatic rings. The Morgan fingerprint density at radius 2 is 0.930 bits per heavy atom. The Balaban J connectivity index is 1.47. The number of rotatable bonds is 4. The highest BCUT2D eigenvalue weighted by Crippen LogP contribution is 2.45. The van der Waals surface area contributed by atoms with Crippen LogP contribution in [0.1, 0.15) is 11.1 Å². The molecule has 204 valence electrons. The number of aryl methyl sites for hydroxylation is 2. The fourth-order valence-electron chi connectivity index (χ4n) is 6.56. The fraction of sp³-hybridized carbons (Fsp3) is 0.0476. The first-order chi connectivity index (χ1) is 21.1. The molecule has 0 aliphatic heterocycles. The zero-order valence-corrected chi connectivity index (χ0v) is 24.4. The second-order valence-electron chi connectivity index (χ2n) is 11.6. The summed E-state index contributed by atoms with van der Waals surface area (Å²) in [5.74, 6) is 0. The Kier molecular flexibility index (Phi) is 5.98. The van der Waals surface area contributed by atoms with Crippen LogP contribution in [-0.4, -0.2) is 0 Å². The Bertz CT molecular complexity index is 2250. The maximum Gasteiger partial charge on any atom is 0.0546 e. The zero-order valence-electron chi connectivity index (χ0n) is 24.4.